The Morgan fingerprint density at radius 3 is 2.39 bits per heavy atom. The molecule has 1 saturated carbocycles. The number of rotatable bonds is 3. The van der Waals surface area contributed by atoms with Crippen LogP contribution in [0.5, 0.6) is 0 Å². The molecule has 0 aromatic heterocycles. The van der Waals surface area contributed by atoms with Gasteiger partial charge in [0.15, 0.2) is 0 Å². The lowest BCUT2D eigenvalue weighted by Gasteiger charge is -2.36. The molecule has 98 valence electrons. The highest BCUT2D eigenvalue weighted by molar-refractivity contribution is 6.39. The first-order valence-corrected chi connectivity index (χ1v) is 6.42. The van der Waals surface area contributed by atoms with Crippen molar-refractivity contribution in [2.45, 2.75) is 24.9 Å². The average Bonchev–Trinajstić information content (AvgIpc) is 2.30. The van der Waals surface area contributed by atoms with Gasteiger partial charge in [0, 0.05) is 12.1 Å². The van der Waals surface area contributed by atoms with Crippen molar-refractivity contribution >= 4 is 34.8 Å². The Bertz CT molecular complexity index is 464. The summed E-state index contributed by atoms with van der Waals surface area (Å²) in [5, 5.41) is 13.0. The van der Waals surface area contributed by atoms with Gasteiger partial charge in [-0.05, 0) is 31.4 Å². The topological polar surface area (TPSA) is 75.4 Å². The van der Waals surface area contributed by atoms with Gasteiger partial charge in [-0.25, -0.2) is 0 Å². The number of nitrogen functional groups attached to an aromatic ring is 1. The highest BCUT2D eigenvalue weighted by Crippen LogP contribution is 2.31. The fourth-order valence-electron chi connectivity index (χ4n) is 1.82. The summed E-state index contributed by atoms with van der Waals surface area (Å²) in [6.07, 6.45) is 2.43. The normalized spacial score (nSPS) is 17.1. The van der Waals surface area contributed by atoms with Gasteiger partial charge in [0.25, 0.3) is 5.91 Å². The van der Waals surface area contributed by atoms with Crippen molar-refractivity contribution in [2.75, 3.05) is 12.3 Å². The van der Waals surface area contributed by atoms with Crippen LogP contribution in [0.3, 0.4) is 0 Å². The van der Waals surface area contributed by atoms with Crippen LogP contribution < -0.4 is 11.1 Å². The third-order valence-corrected chi connectivity index (χ3v) is 3.83. The second kappa shape index (κ2) is 4.96. The average molecular weight is 289 g/mol. The standard InChI is InChI=1S/C12H14Cl2N2O2/c13-8-4-7(5-9(14)10(8)15)11(17)16-6-12(18)2-1-3-12/h4-5,18H,1-3,6,15H2,(H,16,17). The van der Waals surface area contributed by atoms with Crippen LogP contribution in [0.15, 0.2) is 12.1 Å². The molecule has 4 N–H and O–H groups in total. The molecule has 1 aliphatic rings. The summed E-state index contributed by atoms with van der Waals surface area (Å²) in [7, 11) is 0. The van der Waals surface area contributed by atoms with Gasteiger partial charge in [0.2, 0.25) is 0 Å². The van der Waals surface area contributed by atoms with Crippen LogP contribution >= 0.6 is 23.2 Å². The lowest BCUT2D eigenvalue weighted by atomic mass is 9.80. The fourth-order valence-corrected chi connectivity index (χ4v) is 2.31. The first kappa shape index (κ1) is 13.5. The highest BCUT2D eigenvalue weighted by Gasteiger charge is 2.34. The van der Waals surface area contributed by atoms with Crippen LogP contribution in [0, 0.1) is 0 Å². The number of nitrogens with one attached hydrogen (secondary N) is 1. The second-order valence-corrected chi connectivity index (χ2v) is 5.43. The van der Waals surface area contributed by atoms with Gasteiger partial charge in [-0.2, -0.15) is 0 Å². The minimum Gasteiger partial charge on any atom is -0.396 e. The Balaban J connectivity index is 2.05. The molecular weight excluding hydrogens is 275 g/mol. The maximum absolute atomic E-state index is 11.9. The molecule has 0 spiro atoms. The van der Waals surface area contributed by atoms with E-state index in [2.05, 4.69) is 5.32 Å². The number of amides is 1. The third kappa shape index (κ3) is 2.71. The molecule has 1 aromatic rings. The van der Waals surface area contributed by atoms with Gasteiger partial charge in [-0.1, -0.05) is 23.2 Å². The van der Waals surface area contributed by atoms with Crippen LogP contribution in [-0.4, -0.2) is 23.2 Å². The fraction of sp³-hybridized carbons (Fsp3) is 0.417. The summed E-state index contributed by atoms with van der Waals surface area (Å²) in [6, 6.07) is 2.92. The highest BCUT2D eigenvalue weighted by atomic mass is 35.5. The Morgan fingerprint density at radius 2 is 1.94 bits per heavy atom. The number of benzene rings is 1. The van der Waals surface area contributed by atoms with E-state index in [1.54, 1.807) is 0 Å². The smallest absolute Gasteiger partial charge is 0.251 e. The molecule has 0 bridgehead atoms. The molecule has 6 heteroatoms. The molecule has 0 unspecified atom stereocenters. The number of halogens is 2. The Kier molecular flexibility index (Phi) is 3.71. The van der Waals surface area contributed by atoms with Crippen molar-refractivity contribution < 1.29 is 9.90 Å². The van der Waals surface area contributed by atoms with E-state index in [4.69, 9.17) is 28.9 Å². The minimum atomic E-state index is -0.753. The Labute approximate surface area is 115 Å². The molecule has 0 aliphatic heterocycles. The maximum Gasteiger partial charge on any atom is 0.251 e. The van der Waals surface area contributed by atoms with E-state index < -0.39 is 5.60 Å². The van der Waals surface area contributed by atoms with Crippen molar-refractivity contribution in [1.29, 1.82) is 0 Å². The molecule has 0 radical (unpaired) electrons. The molecule has 18 heavy (non-hydrogen) atoms. The minimum absolute atomic E-state index is 0.242. The van der Waals surface area contributed by atoms with E-state index in [0.29, 0.717) is 5.56 Å². The number of hydrogen-bond acceptors (Lipinski definition) is 3. The molecule has 1 aromatic carbocycles. The predicted molar refractivity (Wildman–Crippen MR) is 72.0 cm³/mol. The lowest BCUT2D eigenvalue weighted by Crippen LogP contribution is -2.47. The zero-order valence-electron chi connectivity index (χ0n) is 9.67. The number of anilines is 1. The van der Waals surface area contributed by atoms with E-state index in [1.807, 2.05) is 0 Å². The molecule has 1 fully saturated rings. The summed E-state index contributed by atoms with van der Waals surface area (Å²) >= 11 is 11.7. The second-order valence-electron chi connectivity index (χ2n) is 4.61. The molecule has 0 saturated heterocycles. The van der Waals surface area contributed by atoms with Crippen molar-refractivity contribution in [3.05, 3.63) is 27.7 Å². The molecular formula is C12H14Cl2N2O2. The predicted octanol–water partition coefficient (Wildman–Crippen LogP) is 2.22. The first-order valence-electron chi connectivity index (χ1n) is 5.66. The zero-order valence-corrected chi connectivity index (χ0v) is 11.2. The quantitative estimate of drug-likeness (QED) is 0.747. The SMILES string of the molecule is Nc1c(Cl)cc(C(=O)NCC2(O)CCC2)cc1Cl. The van der Waals surface area contributed by atoms with Gasteiger partial charge < -0.3 is 16.2 Å². The van der Waals surface area contributed by atoms with Crippen LogP contribution in [0.2, 0.25) is 10.0 Å². The van der Waals surface area contributed by atoms with Gasteiger partial charge in [0.05, 0.1) is 21.3 Å². The van der Waals surface area contributed by atoms with Crippen LogP contribution in [-0.2, 0) is 0 Å². The van der Waals surface area contributed by atoms with Crippen molar-refractivity contribution in [3.8, 4) is 0 Å². The van der Waals surface area contributed by atoms with E-state index >= 15 is 0 Å². The molecule has 1 amide bonds. The largest absolute Gasteiger partial charge is 0.396 e. The Morgan fingerprint density at radius 1 is 1.39 bits per heavy atom. The van der Waals surface area contributed by atoms with Crippen LogP contribution in [0.4, 0.5) is 5.69 Å². The lowest BCUT2D eigenvalue weighted by molar-refractivity contribution is -0.0300. The summed E-state index contributed by atoms with van der Waals surface area (Å²) in [5.74, 6) is -0.320. The van der Waals surface area contributed by atoms with Gasteiger partial charge >= 0.3 is 0 Å². The van der Waals surface area contributed by atoms with Crippen molar-refractivity contribution in [2.24, 2.45) is 0 Å². The number of carbonyl (C=O) groups is 1. The third-order valence-electron chi connectivity index (χ3n) is 3.20. The molecule has 2 rings (SSSR count). The number of hydrogen-bond donors (Lipinski definition) is 3. The number of nitrogens with two attached hydrogens (primary N) is 1. The van der Waals surface area contributed by atoms with E-state index in [1.165, 1.54) is 12.1 Å². The van der Waals surface area contributed by atoms with Crippen molar-refractivity contribution in [1.82, 2.24) is 5.32 Å². The van der Waals surface area contributed by atoms with E-state index in [9.17, 15) is 9.90 Å². The molecule has 0 atom stereocenters. The molecule has 0 heterocycles. The zero-order chi connectivity index (χ0) is 13.3. The first-order chi connectivity index (χ1) is 8.41. The summed E-state index contributed by atoms with van der Waals surface area (Å²) in [5.41, 5.74) is 5.43. The molecule has 4 nitrogen and oxygen atoms in total. The maximum atomic E-state index is 11.9. The summed E-state index contributed by atoms with van der Waals surface area (Å²) in [4.78, 5) is 11.9. The van der Waals surface area contributed by atoms with Crippen LogP contribution in [0.1, 0.15) is 29.6 Å². The van der Waals surface area contributed by atoms with E-state index in [-0.39, 0.29) is 28.2 Å². The van der Waals surface area contributed by atoms with Gasteiger partial charge in [-0.15, -0.1) is 0 Å². The summed E-state index contributed by atoms with van der Waals surface area (Å²) in [6.45, 7) is 0.242. The van der Waals surface area contributed by atoms with E-state index in [0.717, 1.165) is 19.3 Å². The number of aliphatic hydroxyl groups is 1. The Hall–Kier alpha value is -0.970. The molecule has 1 aliphatic carbocycles. The van der Waals surface area contributed by atoms with Crippen LogP contribution in [0.25, 0.3) is 0 Å². The number of carbonyl (C=O) groups excluding carboxylic acids is 1. The van der Waals surface area contributed by atoms with Crippen molar-refractivity contribution in [3.63, 3.8) is 0 Å². The monoisotopic (exact) mass is 288 g/mol. The van der Waals surface area contributed by atoms with Gasteiger partial charge in [-0.3, -0.25) is 4.79 Å². The summed E-state index contributed by atoms with van der Waals surface area (Å²) < 4.78 is 0. The van der Waals surface area contributed by atoms with Gasteiger partial charge in [0.1, 0.15) is 0 Å².